The Morgan fingerprint density at radius 1 is 0.833 bits per heavy atom. The molecule has 3 heteroatoms. The van der Waals surface area contributed by atoms with Crippen molar-refractivity contribution in [1.82, 2.24) is 9.97 Å². The maximum Gasteiger partial charge on any atom is 0.161 e. The number of aryl methyl sites for hydroxylation is 4. The first-order chi connectivity index (χ1) is 8.40. The van der Waals surface area contributed by atoms with Crippen LogP contribution < -0.4 is 0 Å². The Labute approximate surface area is 113 Å². The zero-order valence-electron chi connectivity index (χ0n) is 11.4. The predicted octanol–water partition coefficient (Wildman–Crippen LogP) is 4.34. The van der Waals surface area contributed by atoms with Crippen molar-refractivity contribution < 1.29 is 0 Å². The number of rotatable bonds is 1. The van der Waals surface area contributed by atoms with E-state index in [1.165, 1.54) is 16.7 Å². The Kier molecular flexibility index (Phi) is 3.40. The molecule has 2 aromatic rings. The first-order valence-electron chi connectivity index (χ1n) is 5.99. The van der Waals surface area contributed by atoms with Crippen molar-refractivity contribution in [3.05, 3.63) is 45.2 Å². The fraction of sp³-hybridized carbons (Fsp3) is 0.333. The molecule has 2 nitrogen and oxygen atoms in total. The molecular formula is C15H17ClN2. The molecule has 0 radical (unpaired) electrons. The average molecular weight is 261 g/mol. The van der Waals surface area contributed by atoms with Crippen molar-refractivity contribution in [2.45, 2.75) is 34.6 Å². The van der Waals surface area contributed by atoms with E-state index in [0.29, 0.717) is 11.0 Å². The maximum atomic E-state index is 6.14. The van der Waals surface area contributed by atoms with Crippen LogP contribution in [0.2, 0.25) is 5.15 Å². The van der Waals surface area contributed by atoms with Crippen molar-refractivity contribution in [2.75, 3.05) is 0 Å². The zero-order valence-corrected chi connectivity index (χ0v) is 12.2. The highest BCUT2D eigenvalue weighted by Gasteiger charge is 2.11. The largest absolute Gasteiger partial charge is 0.233 e. The van der Waals surface area contributed by atoms with Gasteiger partial charge in [-0.15, -0.1) is 0 Å². The van der Waals surface area contributed by atoms with Gasteiger partial charge in [-0.3, -0.25) is 0 Å². The molecule has 2 rings (SSSR count). The summed E-state index contributed by atoms with van der Waals surface area (Å²) in [5.74, 6) is 0.712. The number of hydrogen-bond acceptors (Lipinski definition) is 2. The monoisotopic (exact) mass is 260 g/mol. The van der Waals surface area contributed by atoms with Crippen molar-refractivity contribution >= 4 is 11.6 Å². The van der Waals surface area contributed by atoms with Crippen LogP contribution >= 0.6 is 11.6 Å². The standard InChI is InChI=1S/C15H17ClN2/c1-8-6-10(3)13(7-9(8)2)15-17-12(5)11(4)14(16)18-15/h6-7H,1-5H3. The van der Waals surface area contributed by atoms with Gasteiger partial charge in [-0.2, -0.15) is 0 Å². The van der Waals surface area contributed by atoms with Crippen LogP contribution in [-0.4, -0.2) is 9.97 Å². The number of benzene rings is 1. The van der Waals surface area contributed by atoms with E-state index in [-0.39, 0.29) is 0 Å². The number of aromatic nitrogens is 2. The fourth-order valence-corrected chi connectivity index (χ4v) is 2.13. The highest BCUT2D eigenvalue weighted by molar-refractivity contribution is 6.30. The third-order valence-corrected chi connectivity index (χ3v) is 3.78. The third kappa shape index (κ3) is 2.25. The van der Waals surface area contributed by atoms with Gasteiger partial charge < -0.3 is 0 Å². The second-order valence-electron chi connectivity index (χ2n) is 4.80. The SMILES string of the molecule is Cc1cc(C)c(-c2nc(C)c(C)c(Cl)n2)cc1C. The summed E-state index contributed by atoms with van der Waals surface area (Å²) in [6, 6.07) is 4.29. The minimum absolute atomic E-state index is 0.537. The van der Waals surface area contributed by atoms with Crippen LogP contribution in [0.5, 0.6) is 0 Å². The smallest absolute Gasteiger partial charge is 0.161 e. The molecule has 0 unspecified atom stereocenters. The van der Waals surface area contributed by atoms with Gasteiger partial charge in [0.15, 0.2) is 5.82 Å². The van der Waals surface area contributed by atoms with E-state index in [9.17, 15) is 0 Å². The van der Waals surface area contributed by atoms with Crippen LogP contribution in [-0.2, 0) is 0 Å². The quantitative estimate of drug-likeness (QED) is 0.713. The third-order valence-electron chi connectivity index (χ3n) is 3.41. The van der Waals surface area contributed by atoms with Crippen LogP contribution in [0.25, 0.3) is 11.4 Å². The summed E-state index contributed by atoms with van der Waals surface area (Å²) in [6.45, 7) is 10.2. The summed E-state index contributed by atoms with van der Waals surface area (Å²) in [5.41, 5.74) is 6.64. The van der Waals surface area contributed by atoms with E-state index in [1.54, 1.807) is 0 Å². The summed E-state index contributed by atoms with van der Waals surface area (Å²) in [5, 5.41) is 0.537. The molecule has 0 saturated heterocycles. The predicted molar refractivity (Wildman–Crippen MR) is 76.2 cm³/mol. The van der Waals surface area contributed by atoms with Crippen LogP contribution in [0.4, 0.5) is 0 Å². The van der Waals surface area contributed by atoms with Gasteiger partial charge >= 0.3 is 0 Å². The van der Waals surface area contributed by atoms with Gasteiger partial charge in [-0.05, 0) is 57.4 Å². The second kappa shape index (κ2) is 4.69. The van der Waals surface area contributed by atoms with Gasteiger partial charge in [0.05, 0.1) is 0 Å². The summed E-state index contributed by atoms with van der Waals surface area (Å²) in [4.78, 5) is 8.93. The number of halogens is 1. The van der Waals surface area contributed by atoms with E-state index < -0.39 is 0 Å². The van der Waals surface area contributed by atoms with E-state index in [1.807, 2.05) is 13.8 Å². The molecule has 0 saturated carbocycles. The van der Waals surface area contributed by atoms with Crippen molar-refractivity contribution in [3.63, 3.8) is 0 Å². The lowest BCUT2D eigenvalue weighted by molar-refractivity contribution is 1.07. The molecule has 0 fully saturated rings. The highest BCUT2D eigenvalue weighted by Crippen LogP contribution is 2.26. The Hall–Kier alpha value is -1.41. The van der Waals surface area contributed by atoms with E-state index in [4.69, 9.17) is 11.6 Å². The molecule has 0 aliphatic rings. The lowest BCUT2D eigenvalue weighted by Crippen LogP contribution is -1.99. The van der Waals surface area contributed by atoms with Gasteiger partial charge in [0.1, 0.15) is 5.15 Å². The van der Waals surface area contributed by atoms with Crippen LogP contribution in [0.1, 0.15) is 27.9 Å². The molecule has 94 valence electrons. The number of hydrogen-bond donors (Lipinski definition) is 0. The van der Waals surface area contributed by atoms with E-state index in [0.717, 1.165) is 16.8 Å². The average Bonchev–Trinajstić information content (AvgIpc) is 2.30. The Bertz CT molecular complexity index is 595. The Morgan fingerprint density at radius 3 is 2.06 bits per heavy atom. The summed E-state index contributed by atoms with van der Waals surface area (Å²) in [6.07, 6.45) is 0. The van der Waals surface area contributed by atoms with Crippen LogP contribution in [0, 0.1) is 34.6 Å². The first-order valence-corrected chi connectivity index (χ1v) is 6.37. The summed E-state index contributed by atoms with van der Waals surface area (Å²) in [7, 11) is 0. The second-order valence-corrected chi connectivity index (χ2v) is 5.16. The lowest BCUT2D eigenvalue weighted by atomic mass is 10.0. The minimum Gasteiger partial charge on any atom is -0.233 e. The Balaban J connectivity index is 2.66. The molecule has 0 amide bonds. The van der Waals surface area contributed by atoms with Crippen molar-refractivity contribution in [2.24, 2.45) is 0 Å². The summed E-state index contributed by atoms with van der Waals surface area (Å²) < 4.78 is 0. The molecule has 1 heterocycles. The number of nitrogens with zero attached hydrogens (tertiary/aromatic N) is 2. The van der Waals surface area contributed by atoms with Gasteiger partial charge in [-0.25, -0.2) is 9.97 Å². The highest BCUT2D eigenvalue weighted by atomic mass is 35.5. The molecule has 0 spiro atoms. The van der Waals surface area contributed by atoms with Gasteiger partial charge in [-0.1, -0.05) is 17.7 Å². The van der Waals surface area contributed by atoms with Gasteiger partial charge in [0.25, 0.3) is 0 Å². The molecule has 1 aromatic heterocycles. The molecule has 0 atom stereocenters. The van der Waals surface area contributed by atoms with Crippen LogP contribution in [0.15, 0.2) is 12.1 Å². The van der Waals surface area contributed by atoms with E-state index >= 15 is 0 Å². The molecule has 0 aliphatic heterocycles. The molecule has 1 aromatic carbocycles. The molecule has 0 N–H and O–H groups in total. The molecular weight excluding hydrogens is 244 g/mol. The Morgan fingerprint density at radius 2 is 1.44 bits per heavy atom. The van der Waals surface area contributed by atoms with Gasteiger partial charge in [0.2, 0.25) is 0 Å². The van der Waals surface area contributed by atoms with Crippen molar-refractivity contribution in [3.8, 4) is 11.4 Å². The topological polar surface area (TPSA) is 25.8 Å². The molecule has 18 heavy (non-hydrogen) atoms. The first kappa shape index (κ1) is 13.0. The zero-order chi connectivity index (χ0) is 13.4. The fourth-order valence-electron chi connectivity index (χ4n) is 1.92. The lowest BCUT2D eigenvalue weighted by Gasteiger charge is -2.11. The molecule has 0 aliphatic carbocycles. The maximum absolute atomic E-state index is 6.14. The normalized spacial score (nSPS) is 10.8. The van der Waals surface area contributed by atoms with E-state index in [2.05, 4.69) is 42.9 Å². The van der Waals surface area contributed by atoms with Crippen LogP contribution in [0.3, 0.4) is 0 Å². The van der Waals surface area contributed by atoms with Gasteiger partial charge in [0, 0.05) is 16.8 Å². The minimum atomic E-state index is 0.537. The summed E-state index contributed by atoms with van der Waals surface area (Å²) >= 11 is 6.14. The van der Waals surface area contributed by atoms with Crippen molar-refractivity contribution in [1.29, 1.82) is 0 Å². The molecule has 0 bridgehead atoms.